The van der Waals surface area contributed by atoms with Gasteiger partial charge in [0.05, 0.1) is 25.2 Å². The number of carbonyl (C=O) groups excluding carboxylic acids is 2. The highest BCUT2D eigenvalue weighted by atomic mass is 32.1. The Kier molecular flexibility index (Phi) is 5.33. The molecule has 2 N–H and O–H groups in total. The van der Waals surface area contributed by atoms with Crippen LogP contribution in [0, 0.1) is 0 Å². The molecule has 1 saturated heterocycles. The third kappa shape index (κ3) is 4.52. The molecule has 1 aromatic heterocycles. The smallest absolute Gasteiger partial charge is 0.307 e. The van der Waals surface area contributed by atoms with Crippen LogP contribution >= 0.6 is 11.3 Å². The van der Waals surface area contributed by atoms with Crippen molar-refractivity contribution < 1.29 is 19.1 Å². The van der Waals surface area contributed by atoms with Gasteiger partial charge in [-0.3, -0.25) is 9.59 Å². The second-order valence-corrected chi connectivity index (χ2v) is 6.24. The normalized spacial score (nSPS) is 17.6. The summed E-state index contributed by atoms with van der Waals surface area (Å²) in [4.78, 5) is 24.4. The lowest BCUT2D eigenvalue weighted by molar-refractivity contribution is -0.142. The van der Waals surface area contributed by atoms with Gasteiger partial charge in [0.1, 0.15) is 6.61 Å². The maximum Gasteiger partial charge on any atom is 0.307 e. The van der Waals surface area contributed by atoms with Crippen molar-refractivity contribution in [1.29, 1.82) is 0 Å². The molecule has 0 aliphatic carbocycles. The fourth-order valence-corrected chi connectivity index (χ4v) is 2.80. The van der Waals surface area contributed by atoms with Crippen molar-refractivity contribution in [3.05, 3.63) is 22.4 Å². The van der Waals surface area contributed by atoms with Gasteiger partial charge in [0, 0.05) is 18.0 Å². The van der Waals surface area contributed by atoms with Crippen LogP contribution in [0.4, 0.5) is 0 Å². The van der Waals surface area contributed by atoms with Crippen LogP contribution in [-0.2, 0) is 19.1 Å². The third-order valence-electron chi connectivity index (χ3n) is 3.37. The maximum absolute atomic E-state index is 12.0. The van der Waals surface area contributed by atoms with Gasteiger partial charge in [-0.25, -0.2) is 0 Å². The second kappa shape index (κ2) is 7.02. The SMILES string of the molecule is COC(=O)CC(NC(=O)COC1(C)CNC1)c1cccs1. The van der Waals surface area contributed by atoms with E-state index in [4.69, 9.17) is 4.74 Å². The van der Waals surface area contributed by atoms with Crippen LogP contribution in [0.15, 0.2) is 17.5 Å². The van der Waals surface area contributed by atoms with Crippen LogP contribution in [0.2, 0.25) is 0 Å². The Bertz CT molecular complexity index is 485. The molecule has 1 aromatic rings. The van der Waals surface area contributed by atoms with E-state index in [0.29, 0.717) is 0 Å². The van der Waals surface area contributed by atoms with Crippen molar-refractivity contribution in [2.75, 3.05) is 26.8 Å². The molecule has 7 heteroatoms. The first-order chi connectivity index (χ1) is 10.0. The number of rotatable bonds is 7. The van der Waals surface area contributed by atoms with Gasteiger partial charge in [0.25, 0.3) is 0 Å². The van der Waals surface area contributed by atoms with Gasteiger partial charge in [-0.15, -0.1) is 11.3 Å². The van der Waals surface area contributed by atoms with Crippen molar-refractivity contribution >= 4 is 23.2 Å². The Morgan fingerprint density at radius 3 is 2.81 bits per heavy atom. The number of carbonyl (C=O) groups is 2. The lowest BCUT2D eigenvalue weighted by atomic mass is 10.0. The molecule has 6 nitrogen and oxygen atoms in total. The Hall–Kier alpha value is -1.44. The minimum Gasteiger partial charge on any atom is -0.469 e. The van der Waals surface area contributed by atoms with E-state index in [9.17, 15) is 9.59 Å². The first kappa shape index (κ1) is 15.9. The first-order valence-electron chi connectivity index (χ1n) is 6.77. The van der Waals surface area contributed by atoms with Crippen LogP contribution in [0.25, 0.3) is 0 Å². The van der Waals surface area contributed by atoms with E-state index in [1.165, 1.54) is 18.4 Å². The highest BCUT2D eigenvalue weighted by molar-refractivity contribution is 7.10. The molecule has 1 aliphatic rings. The van der Waals surface area contributed by atoms with Crippen molar-refractivity contribution in [2.24, 2.45) is 0 Å². The monoisotopic (exact) mass is 312 g/mol. The van der Waals surface area contributed by atoms with E-state index in [2.05, 4.69) is 15.4 Å². The predicted molar refractivity (Wildman–Crippen MR) is 79.1 cm³/mol. The Labute approximate surface area is 127 Å². The molecule has 0 bridgehead atoms. The minimum atomic E-state index is -0.374. The van der Waals surface area contributed by atoms with Crippen molar-refractivity contribution in [3.63, 3.8) is 0 Å². The van der Waals surface area contributed by atoms with Crippen molar-refractivity contribution in [1.82, 2.24) is 10.6 Å². The fraction of sp³-hybridized carbons (Fsp3) is 0.571. The number of hydrogen-bond donors (Lipinski definition) is 2. The summed E-state index contributed by atoms with van der Waals surface area (Å²) < 4.78 is 10.3. The molecule has 1 aliphatic heterocycles. The number of methoxy groups -OCH3 is 1. The zero-order valence-electron chi connectivity index (χ0n) is 12.2. The Balaban J connectivity index is 1.88. The Morgan fingerprint density at radius 1 is 1.52 bits per heavy atom. The summed E-state index contributed by atoms with van der Waals surface area (Å²) in [5, 5.41) is 7.84. The van der Waals surface area contributed by atoms with Crippen molar-refractivity contribution in [2.45, 2.75) is 25.0 Å². The summed E-state index contributed by atoms with van der Waals surface area (Å²) in [6, 6.07) is 3.39. The number of ether oxygens (including phenoxy) is 2. The zero-order chi connectivity index (χ0) is 15.3. The van der Waals surface area contributed by atoms with Crippen LogP contribution in [-0.4, -0.2) is 44.3 Å². The summed E-state index contributed by atoms with van der Waals surface area (Å²) in [5.41, 5.74) is -0.266. The summed E-state index contributed by atoms with van der Waals surface area (Å²) in [5.74, 6) is -0.588. The van der Waals surface area contributed by atoms with E-state index >= 15 is 0 Å². The fourth-order valence-electron chi connectivity index (χ4n) is 2.02. The molecule has 21 heavy (non-hydrogen) atoms. The molecule has 0 aromatic carbocycles. The first-order valence-corrected chi connectivity index (χ1v) is 7.65. The molecule has 0 saturated carbocycles. The molecule has 116 valence electrons. The van der Waals surface area contributed by atoms with Gasteiger partial charge in [-0.05, 0) is 18.4 Å². The van der Waals surface area contributed by atoms with Crippen LogP contribution in [0.1, 0.15) is 24.3 Å². The maximum atomic E-state index is 12.0. The lowest BCUT2D eigenvalue weighted by Gasteiger charge is -2.38. The number of thiophene rings is 1. The molecule has 1 fully saturated rings. The molecule has 2 heterocycles. The van der Waals surface area contributed by atoms with E-state index < -0.39 is 0 Å². The van der Waals surface area contributed by atoms with Crippen LogP contribution in [0.5, 0.6) is 0 Å². The second-order valence-electron chi connectivity index (χ2n) is 5.26. The molecule has 1 amide bonds. The predicted octanol–water partition coefficient (Wildman–Crippen LogP) is 0.847. The molecule has 1 atom stereocenters. The van der Waals surface area contributed by atoms with E-state index in [0.717, 1.165) is 18.0 Å². The summed E-state index contributed by atoms with van der Waals surface area (Å²) in [7, 11) is 1.34. The summed E-state index contributed by atoms with van der Waals surface area (Å²) in [6.07, 6.45) is 0.113. The van der Waals surface area contributed by atoms with Gasteiger partial charge < -0.3 is 20.1 Å². The number of esters is 1. The number of hydrogen-bond acceptors (Lipinski definition) is 6. The van der Waals surface area contributed by atoms with Gasteiger partial charge in [0.15, 0.2) is 0 Å². The highest BCUT2D eigenvalue weighted by Gasteiger charge is 2.33. The molecule has 0 spiro atoms. The molecule has 1 unspecified atom stereocenters. The largest absolute Gasteiger partial charge is 0.469 e. The average Bonchev–Trinajstić information content (AvgIpc) is 2.96. The molecular weight excluding hydrogens is 292 g/mol. The topological polar surface area (TPSA) is 76.7 Å². The van der Waals surface area contributed by atoms with E-state index in [1.54, 1.807) is 0 Å². The molecular formula is C14H20N2O4S. The quantitative estimate of drug-likeness (QED) is 0.730. The average molecular weight is 312 g/mol. The number of amides is 1. The molecule has 2 rings (SSSR count). The summed E-state index contributed by atoms with van der Waals surface area (Å²) in [6.45, 7) is 3.44. The third-order valence-corrected chi connectivity index (χ3v) is 4.36. The van der Waals surface area contributed by atoms with Crippen LogP contribution in [0.3, 0.4) is 0 Å². The zero-order valence-corrected chi connectivity index (χ0v) is 13.0. The standard InChI is InChI=1S/C14H20N2O4S/c1-14(8-15-9-14)20-7-12(17)16-10(6-13(18)19-2)11-4-3-5-21-11/h3-5,10,15H,6-9H2,1-2H3,(H,16,17). The Morgan fingerprint density at radius 2 is 2.29 bits per heavy atom. The van der Waals surface area contributed by atoms with Gasteiger partial charge in [-0.2, -0.15) is 0 Å². The van der Waals surface area contributed by atoms with E-state index in [-0.39, 0.29) is 36.5 Å². The van der Waals surface area contributed by atoms with Gasteiger partial charge in [0.2, 0.25) is 5.91 Å². The van der Waals surface area contributed by atoms with Crippen molar-refractivity contribution in [3.8, 4) is 0 Å². The van der Waals surface area contributed by atoms with Gasteiger partial charge in [-0.1, -0.05) is 6.07 Å². The summed E-state index contributed by atoms with van der Waals surface area (Å²) >= 11 is 1.49. The number of nitrogens with one attached hydrogen (secondary N) is 2. The minimum absolute atomic E-state index is 0.0127. The highest BCUT2D eigenvalue weighted by Crippen LogP contribution is 2.22. The lowest BCUT2D eigenvalue weighted by Crippen LogP contribution is -2.59. The van der Waals surface area contributed by atoms with Crippen LogP contribution < -0.4 is 10.6 Å². The van der Waals surface area contributed by atoms with Gasteiger partial charge >= 0.3 is 5.97 Å². The molecule has 0 radical (unpaired) electrons. The van der Waals surface area contributed by atoms with E-state index in [1.807, 2.05) is 24.4 Å².